The quantitative estimate of drug-likeness (QED) is 0.128. The Hall–Kier alpha value is -4.60. The number of rotatable bonds is 12. The molecule has 2 aliphatic rings. The molecule has 0 saturated heterocycles. The second-order valence-corrected chi connectivity index (χ2v) is 15.9. The predicted octanol–water partition coefficient (Wildman–Crippen LogP) is 10.7. The lowest BCUT2D eigenvalue weighted by atomic mass is 9.52. The molecule has 1 N–H and O–H groups in total. The minimum atomic E-state index is -4.89. The summed E-state index contributed by atoms with van der Waals surface area (Å²) in [5.41, 5.74) is 2.33. The first-order chi connectivity index (χ1) is 26.0. The van der Waals surface area contributed by atoms with Gasteiger partial charge in [0.1, 0.15) is 0 Å². The van der Waals surface area contributed by atoms with Gasteiger partial charge in [0.15, 0.2) is 5.60 Å². The number of phosphoric ester groups is 1. The second-order valence-electron chi connectivity index (χ2n) is 14.3. The summed E-state index contributed by atoms with van der Waals surface area (Å²) in [6.07, 6.45) is -2.67. The van der Waals surface area contributed by atoms with E-state index in [2.05, 4.69) is 10.3 Å². The maximum atomic E-state index is 15.6. The fourth-order valence-electron chi connectivity index (χ4n) is 8.07. The number of carbonyl (C=O) groups is 1. The maximum absolute atomic E-state index is 15.6. The van der Waals surface area contributed by atoms with E-state index >= 15 is 13.2 Å². The van der Waals surface area contributed by atoms with Gasteiger partial charge < -0.3 is 5.32 Å². The van der Waals surface area contributed by atoms with Crippen molar-refractivity contribution in [2.45, 2.75) is 75.9 Å². The van der Waals surface area contributed by atoms with Crippen molar-refractivity contribution in [3.05, 3.63) is 167 Å². The standard InChI is InChI=1S/C43H42F3N2O5P/c1-31-39(18-11-25-47-31)48-40(49)36-20-22-38-35(26-36)19-21-37-28-42(43(44,45)46,24-23-41(37,38)27-32-12-5-2-6-13-32)53-54(50,51-29-33-14-7-3-8-15-33)52-30-34-16-9-4-10-17-34/h2-18,20,22,25-26,37H,19,21,23-24,27-30H2,1H3,(H,48,49)/t37?,41-,42+/m0/s1. The highest BCUT2D eigenvalue weighted by atomic mass is 31.2. The molecule has 11 heteroatoms. The topological polar surface area (TPSA) is 86.8 Å². The summed E-state index contributed by atoms with van der Waals surface area (Å²) in [5.74, 6) is -0.793. The first-order valence-electron chi connectivity index (χ1n) is 18.1. The van der Waals surface area contributed by atoms with Gasteiger partial charge in [-0.15, -0.1) is 0 Å². The number of nitrogens with zero attached hydrogens (tertiary/aromatic N) is 1. The predicted molar refractivity (Wildman–Crippen MR) is 201 cm³/mol. The third kappa shape index (κ3) is 8.08. The molecule has 7 nitrogen and oxygen atoms in total. The minimum absolute atomic E-state index is 0.0941. The van der Waals surface area contributed by atoms with Crippen LogP contribution in [0.1, 0.15) is 69.6 Å². The van der Waals surface area contributed by atoms with Gasteiger partial charge in [0.2, 0.25) is 0 Å². The van der Waals surface area contributed by atoms with Crippen LogP contribution in [0.2, 0.25) is 0 Å². The molecule has 2 aliphatic carbocycles. The van der Waals surface area contributed by atoms with Gasteiger partial charge >= 0.3 is 14.0 Å². The number of pyridine rings is 1. The lowest BCUT2D eigenvalue weighted by molar-refractivity contribution is -0.274. The number of fused-ring (bicyclic) bond motifs is 3. The number of amides is 1. The third-order valence-corrected chi connectivity index (χ3v) is 12.3. The maximum Gasteiger partial charge on any atom is 0.476 e. The number of hydrogen-bond donors (Lipinski definition) is 1. The monoisotopic (exact) mass is 754 g/mol. The van der Waals surface area contributed by atoms with Crippen LogP contribution in [0, 0.1) is 12.8 Å². The van der Waals surface area contributed by atoms with E-state index < -0.39 is 43.8 Å². The summed E-state index contributed by atoms with van der Waals surface area (Å²) in [5, 5.41) is 2.94. The van der Waals surface area contributed by atoms with E-state index in [4.69, 9.17) is 13.6 Å². The van der Waals surface area contributed by atoms with Crippen LogP contribution < -0.4 is 5.32 Å². The SMILES string of the molecule is Cc1ncccc1NC(=O)c1ccc2c(c1)CCC1C[C@@](OP(=O)(OCc3ccccc3)OCc3ccccc3)(C(F)(F)F)CC[C@@]21Cc1ccccc1. The molecular formula is C43H42F3N2O5P. The Labute approximate surface area is 313 Å². The van der Waals surface area contributed by atoms with Crippen LogP contribution in [0.4, 0.5) is 18.9 Å². The van der Waals surface area contributed by atoms with Gasteiger partial charge in [-0.1, -0.05) is 97.1 Å². The van der Waals surface area contributed by atoms with Gasteiger partial charge in [-0.3, -0.25) is 23.3 Å². The summed E-state index contributed by atoms with van der Waals surface area (Å²) in [4.78, 5) is 17.6. The van der Waals surface area contributed by atoms with Crippen LogP contribution in [-0.4, -0.2) is 22.7 Å². The zero-order valence-corrected chi connectivity index (χ0v) is 30.8. The van der Waals surface area contributed by atoms with Crippen molar-refractivity contribution in [3.8, 4) is 0 Å². The molecule has 0 bridgehead atoms. The molecule has 0 aliphatic heterocycles. The van der Waals surface area contributed by atoms with E-state index in [1.54, 1.807) is 85.1 Å². The highest BCUT2D eigenvalue weighted by Gasteiger charge is 2.65. The molecule has 1 heterocycles. The van der Waals surface area contributed by atoms with Crippen molar-refractivity contribution in [2.24, 2.45) is 5.92 Å². The fourth-order valence-corrected chi connectivity index (χ4v) is 9.56. The average Bonchev–Trinajstić information content (AvgIpc) is 3.18. The zero-order valence-electron chi connectivity index (χ0n) is 29.9. The van der Waals surface area contributed by atoms with Gasteiger partial charge in [-0.2, -0.15) is 13.2 Å². The van der Waals surface area contributed by atoms with E-state index in [0.717, 1.165) is 16.7 Å². The molecule has 4 aromatic carbocycles. The van der Waals surface area contributed by atoms with Gasteiger partial charge in [0.25, 0.3) is 5.91 Å². The Bertz CT molecular complexity index is 2070. The number of carbonyl (C=O) groups excluding carboxylic acids is 1. The molecule has 1 saturated carbocycles. The molecule has 280 valence electrons. The van der Waals surface area contributed by atoms with Crippen molar-refractivity contribution in [1.29, 1.82) is 0 Å². The number of alkyl halides is 3. The van der Waals surface area contributed by atoms with Crippen molar-refractivity contribution in [2.75, 3.05) is 5.32 Å². The largest absolute Gasteiger partial charge is 0.476 e. The molecule has 1 amide bonds. The fraction of sp³-hybridized carbons (Fsp3) is 0.302. The average molecular weight is 755 g/mol. The van der Waals surface area contributed by atoms with Crippen LogP contribution in [0.5, 0.6) is 0 Å². The van der Waals surface area contributed by atoms with E-state index in [1.807, 2.05) is 49.4 Å². The van der Waals surface area contributed by atoms with E-state index in [-0.39, 0.29) is 25.5 Å². The van der Waals surface area contributed by atoms with Crippen LogP contribution >= 0.6 is 7.82 Å². The molecule has 7 rings (SSSR count). The number of anilines is 1. The normalized spacial score (nSPS) is 21.1. The molecule has 1 unspecified atom stereocenters. The van der Waals surface area contributed by atoms with Crippen molar-refractivity contribution >= 4 is 19.4 Å². The molecule has 5 aromatic rings. The first kappa shape index (κ1) is 37.7. The zero-order chi connectivity index (χ0) is 37.8. The number of aryl methyl sites for hydroxylation is 2. The van der Waals surface area contributed by atoms with E-state index in [0.29, 0.717) is 47.3 Å². The molecule has 54 heavy (non-hydrogen) atoms. The van der Waals surface area contributed by atoms with Crippen molar-refractivity contribution < 1.29 is 36.1 Å². The highest BCUT2D eigenvalue weighted by molar-refractivity contribution is 7.48. The van der Waals surface area contributed by atoms with Gasteiger partial charge in [-0.05, 0) is 103 Å². The lowest BCUT2D eigenvalue weighted by Gasteiger charge is -2.54. The number of nitrogens with one attached hydrogen (secondary N) is 1. The molecule has 1 aromatic heterocycles. The van der Waals surface area contributed by atoms with Crippen LogP contribution in [0.25, 0.3) is 0 Å². The minimum Gasteiger partial charge on any atom is -0.320 e. The van der Waals surface area contributed by atoms with Crippen molar-refractivity contribution in [1.82, 2.24) is 4.98 Å². The Morgan fingerprint density at radius 2 is 1.44 bits per heavy atom. The number of halogens is 3. The summed E-state index contributed by atoms with van der Waals surface area (Å²) < 4.78 is 78.6. The number of benzene rings is 4. The lowest BCUT2D eigenvalue weighted by Crippen LogP contribution is -2.57. The number of aromatic nitrogens is 1. The molecule has 1 fully saturated rings. The Balaban J connectivity index is 1.22. The summed E-state index contributed by atoms with van der Waals surface area (Å²) >= 11 is 0. The van der Waals surface area contributed by atoms with Crippen LogP contribution in [0.15, 0.2) is 128 Å². The molecule has 3 atom stereocenters. The van der Waals surface area contributed by atoms with Crippen LogP contribution in [0.3, 0.4) is 0 Å². The first-order valence-corrected chi connectivity index (χ1v) is 19.6. The molecule has 0 spiro atoms. The van der Waals surface area contributed by atoms with Crippen molar-refractivity contribution in [3.63, 3.8) is 0 Å². The van der Waals surface area contributed by atoms with Crippen LogP contribution in [-0.2, 0) is 49.6 Å². The Morgan fingerprint density at radius 1 is 0.833 bits per heavy atom. The van der Waals surface area contributed by atoms with E-state index in [9.17, 15) is 9.36 Å². The third-order valence-electron chi connectivity index (χ3n) is 10.9. The second kappa shape index (κ2) is 15.6. The van der Waals surface area contributed by atoms with Gasteiger partial charge in [0.05, 0.1) is 24.6 Å². The summed E-state index contributed by atoms with van der Waals surface area (Å²) in [6.45, 7) is 1.30. The summed E-state index contributed by atoms with van der Waals surface area (Å²) in [7, 11) is -4.80. The number of hydrogen-bond acceptors (Lipinski definition) is 6. The smallest absolute Gasteiger partial charge is 0.320 e. The summed E-state index contributed by atoms with van der Waals surface area (Å²) in [6, 6.07) is 36.4. The molecule has 0 radical (unpaired) electrons. The highest BCUT2D eigenvalue weighted by Crippen LogP contribution is 2.64. The van der Waals surface area contributed by atoms with E-state index in [1.165, 1.54) is 0 Å². The molecular weight excluding hydrogens is 712 g/mol. The Morgan fingerprint density at radius 3 is 2.04 bits per heavy atom. The van der Waals surface area contributed by atoms with Gasteiger partial charge in [-0.25, -0.2) is 4.57 Å². The number of phosphoric acid groups is 1. The van der Waals surface area contributed by atoms with Gasteiger partial charge in [0, 0.05) is 17.2 Å². The Kier molecular flexibility index (Phi) is 10.9.